The molecule has 0 spiro atoms. The Morgan fingerprint density at radius 1 is 1.17 bits per heavy atom. The normalized spacial score (nSPS) is 16.1. The Morgan fingerprint density at radius 2 is 1.96 bits per heavy atom. The Bertz CT molecular complexity index is 700. The van der Waals surface area contributed by atoms with E-state index in [2.05, 4.69) is 28.8 Å². The Kier molecular flexibility index (Phi) is 5.36. The molecule has 126 valence electrons. The number of hydrogen-bond donors (Lipinski definition) is 2. The van der Waals surface area contributed by atoms with Crippen LogP contribution in [-0.2, 0) is 11.2 Å². The van der Waals surface area contributed by atoms with Gasteiger partial charge in [0, 0.05) is 0 Å². The lowest BCUT2D eigenvalue weighted by molar-refractivity contribution is -0.120. The molecule has 0 aliphatic heterocycles. The maximum Gasteiger partial charge on any atom is 0.239 e. The number of carbonyl (C=O) groups excluding carboxylic acids is 1. The number of nitrogens with one attached hydrogen (secondary N) is 2. The lowest BCUT2D eigenvalue weighted by Gasteiger charge is -2.26. The molecule has 1 unspecified atom stereocenters. The molecule has 2 N–H and O–H groups in total. The molecule has 2 aromatic rings. The molecule has 1 amide bonds. The summed E-state index contributed by atoms with van der Waals surface area (Å²) in [4.78, 5) is 12.3. The molecule has 24 heavy (non-hydrogen) atoms. The van der Waals surface area contributed by atoms with Gasteiger partial charge in [0.15, 0.2) is 0 Å². The van der Waals surface area contributed by atoms with Crippen molar-refractivity contribution < 1.29 is 9.53 Å². The van der Waals surface area contributed by atoms with Gasteiger partial charge in [-0.05, 0) is 49.4 Å². The zero-order valence-electron chi connectivity index (χ0n) is 14.0. The van der Waals surface area contributed by atoms with Crippen LogP contribution < -0.4 is 15.4 Å². The molecule has 0 aromatic heterocycles. The van der Waals surface area contributed by atoms with Gasteiger partial charge < -0.3 is 15.4 Å². The average Bonchev–Trinajstić information content (AvgIpc) is 2.62. The lowest BCUT2D eigenvalue weighted by atomic mass is 9.88. The first kappa shape index (κ1) is 16.4. The first-order valence-corrected chi connectivity index (χ1v) is 8.60. The van der Waals surface area contributed by atoms with Gasteiger partial charge in [0.05, 0.1) is 24.9 Å². The summed E-state index contributed by atoms with van der Waals surface area (Å²) < 4.78 is 5.57. The molecule has 0 fully saturated rings. The Labute approximate surface area is 143 Å². The van der Waals surface area contributed by atoms with Crippen LogP contribution in [0.25, 0.3) is 0 Å². The van der Waals surface area contributed by atoms with Crippen molar-refractivity contribution >= 4 is 11.6 Å². The van der Waals surface area contributed by atoms with Crippen LogP contribution in [-0.4, -0.2) is 19.1 Å². The number of anilines is 1. The number of para-hydroxylation sites is 2. The molecule has 0 heterocycles. The highest BCUT2D eigenvalue weighted by atomic mass is 16.5. The number of benzene rings is 2. The second kappa shape index (κ2) is 7.86. The van der Waals surface area contributed by atoms with Crippen molar-refractivity contribution in [2.45, 2.75) is 32.2 Å². The van der Waals surface area contributed by atoms with Crippen LogP contribution in [0.1, 0.15) is 36.9 Å². The summed E-state index contributed by atoms with van der Waals surface area (Å²) in [6.45, 7) is 2.79. The maximum atomic E-state index is 12.3. The third kappa shape index (κ3) is 3.88. The smallest absolute Gasteiger partial charge is 0.239 e. The van der Waals surface area contributed by atoms with Gasteiger partial charge in [-0.15, -0.1) is 0 Å². The molecule has 0 saturated heterocycles. The lowest BCUT2D eigenvalue weighted by Crippen LogP contribution is -2.35. The maximum absolute atomic E-state index is 12.3. The number of rotatable bonds is 6. The number of carbonyl (C=O) groups is 1. The van der Waals surface area contributed by atoms with Crippen LogP contribution in [0.4, 0.5) is 5.69 Å². The van der Waals surface area contributed by atoms with Crippen LogP contribution in [0.3, 0.4) is 0 Å². The third-order valence-electron chi connectivity index (χ3n) is 4.33. The van der Waals surface area contributed by atoms with Crippen LogP contribution in [0.5, 0.6) is 5.75 Å². The first-order valence-electron chi connectivity index (χ1n) is 8.60. The van der Waals surface area contributed by atoms with Gasteiger partial charge in [0.25, 0.3) is 0 Å². The minimum absolute atomic E-state index is 0.00278. The summed E-state index contributed by atoms with van der Waals surface area (Å²) in [5, 5.41) is 6.33. The fourth-order valence-corrected chi connectivity index (χ4v) is 3.22. The van der Waals surface area contributed by atoms with Gasteiger partial charge in [0.2, 0.25) is 5.91 Å². The quantitative estimate of drug-likeness (QED) is 0.852. The van der Waals surface area contributed by atoms with Gasteiger partial charge >= 0.3 is 0 Å². The highest BCUT2D eigenvalue weighted by Crippen LogP contribution is 2.29. The summed E-state index contributed by atoms with van der Waals surface area (Å²) in [6, 6.07) is 16.2. The zero-order chi connectivity index (χ0) is 16.8. The van der Waals surface area contributed by atoms with Gasteiger partial charge in [-0.1, -0.05) is 36.4 Å². The molecule has 0 bridgehead atoms. The van der Waals surface area contributed by atoms with E-state index < -0.39 is 0 Å². The van der Waals surface area contributed by atoms with Gasteiger partial charge in [0.1, 0.15) is 5.75 Å². The molecule has 1 aliphatic carbocycles. The van der Waals surface area contributed by atoms with E-state index in [0.29, 0.717) is 6.61 Å². The highest BCUT2D eigenvalue weighted by molar-refractivity contribution is 5.81. The van der Waals surface area contributed by atoms with E-state index in [9.17, 15) is 4.79 Å². The number of ether oxygens (including phenoxy) is 1. The fraction of sp³-hybridized carbons (Fsp3) is 0.350. The minimum Gasteiger partial charge on any atom is -0.492 e. The summed E-state index contributed by atoms with van der Waals surface area (Å²) in [5.74, 6) is 0.777. The standard InChI is InChI=1S/C20H24N2O2/c1-2-24-19-13-6-5-11-18(19)21-14-20(23)22-17-12-7-9-15-8-3-4-10-16(15)17/h3-6,8,10-11,13,17,21H,2,7,9,12,14H2,1H3,(H,22,23). The van der Waals surface area contributed by atoms with Crippen molar-refractivity contribution in [3.63, 3.8) is 0 Å². The molecule has 0 radical (unpaired) electrons. The fourth-order valence-electron chi connectivity index (χ4n) is 3.22. The molecule has 4 heteroatoms. The van der Waals surface area contributed by atoms with E-state index in [1.165, 1.54) is 11.1 Å². The third-order valence-corrected chi connectivity index (χ3v) is 4.33. The van der Waals surface area contributed by atoms with Crippen LogP contribution in [0, 0.1) is 0 Å². The van der Waals surface area contributed by atoms with E-state index in [1.807, 2.05) is 37.3 Å². The monoisotopic (exact) mass is 324 g/mol. The Morgan fingerprint density at radius 3 is 2.83 bits per heavy atom. The van der Waals surface area contributed by atoms with Gasteiger partial charge in [-0.3, -0.25) is 4.79 Å². The van der Waals surface area contributed by atoms with Crippen molar-refractivity contribution in [1.82, 2.24) is 5.32 Å². The van der Waals surface area contributed by atoms with Gasteiger partial charge in [-0.2, -0.15) is 0 Å². The average molecular weight is 324 g/mol. The van der Waals surface area contributed by atoms with Crippen molar-refractivity contribution in [1.29, 1.82) is 0 Å². The molecule has 3 rings (SSSR count). The van der Waals surface area contributed by atoms with E-state index in [1.54, 1.807) is 0 Å². The second-order valence-electron chi connectivity index (χ2n) is 5.99. The van der Waals surface area contributed by atoms with E-state index in [0.717, 1.165) is 30.7 Å². The Hall–Kier alpha value is -2.49. The summed E-state index contributed by atoms with van der Waals surface area (Å²) in [6.07, 6.45) is 3.21. The predicted octanol–water partition coefficient (Wildman–Crippen LogP) is 3.69. The van der Waals surface area contributed by atoms with E-state index >= 15 is 0 Å². The molecule has 1 atom stereocenters. The van der Waals surface area contributed by atoms with Crippen LogP contribution >= 0.6 is 0 Å². The molecule has 4 nitrogen and oxygen atoms in total. The van der Waals surface area contributed by atoms with Crippen LogP contribution in [0.2, 0.25) is 0 Å². The summed E-state index contributed by atoms with van der Waals surface area (Å²) in [5.41, 5.74) is 3.45. The largest absolute Gasteiger partial charge is 0.492 e. The summed E-state index contributed by atoms with van der Waals surface area (Å²) >= 11 is 0. The first-order chi connectivity index (χ1) is 11.8. The van der Waals surface area contributed by atoms with Crippen molar-refractivity contribution in [2.24, 2.45) is 0 Å². The number of amides is 1. The molecular formula is C20H24N2O2. The second-order valence-corrected chi connectivity index (χ2v) is 5.99. The van der Waals surface area contributed by atoms with Crippen molar-refractivity contribution in [3.8, 4) is 5.75 Å². The zero-order valence-corrected chi connectivity index (χ0v) is 14.0. The van der Waals surface area contributed by atoms with Crippen LogP contribution in [0.15, 0.2) is 48.5 Å². The summed E-state index contributed by atoms with van der Waals surface area (Å²) in [7, 11) is 0. The minimum atomic E-state index is 0.00278. The van der Waals surface area contributed by atoms with E-state index in [4.69, 9.17) is 4.74 Å². The van der Waals surface area contributed by atoms with Gasteiger partial charge in [-0.25, -0.2) is 0 Å². The molecule has 0 saturated carbocycles. The highest BCUT2D eigenvalue weighted by Gasteiger charge is 2.21. The molecular weight excluding hydrogens is 300 g/mol. The Balaban J connectivity index is 1.59. The topological polar surface area (TPSA) is 50.4 Å². The van der Waals surface area contributed by atoms with Crippen molar-refractivity contribution in [3.05, 3.63) is 59.7 Å². The molecule has 2 aromatic carbocycles. The number of aryl methyl sites for hydroxylation is 1. The van der Waals surface area contributed by atoms with E-state index in [-0.39, 0.29) is 18.5 Å². The van der Waals surface area contributed by atoms with Crippen molar-refractivity contribution in [2.75, 3.05) is 18.5 Å². The predicted molar refractivity (Wildman–Crippen MR) is 96.4 cm³/mol. The SMILES string of the molecule is CCOc1ccccc1NCC(=O)NC1CCCc2ccccc21. The number of fused-ring (bicyclic) bond motifs is 1. The molecule has 1 aliphatic rings. The number of hydrogen-bond acceptors (Lipinski definition) is 3.